The van der Waals surface area contributed by atoms with Crippen molar-refractivity contribution >= 4 is 10.0 Å². The lowest BCUT2D eigenvalue weighted by Gasteiger charge is -2.07. The van der Waals surface area contributed by atoms with Crippen molar-refractivity contribution in [1.29, 1.82) is 0 Å². The molecule has 0 spiro atoms. The quantitative estimate of drug-likeness (QED) is 0.799. The number of furan rings is 1. The van der Waals surface area contributed by atoms with E-state index < -0.39 is 10.0 Å². The van der Waals surface area contributed by atoms with E-state index in [1.54, 1.807) is 18.2 Å². The molecule has 1 aromatic heterocycles. The molecule has 0 aliphatic carbocycles. The van der Waals surface area contributed by atoms with Crippen molar-refractivity contribution in [2.45, 2.75) is 11.4 Å². The van der Waals surface area contributed by atoms with Crippen LogP contribution in [-0.4, -0.2) is 26.7 Å². The third-order valence-corrected chi connectivity index (χ3v) is 3.96. The number of benzene rings is 1. The Morgan fingerprint density at radius 2 is 1.95 bits per heavy atom. The van der Waals surface area contributed by atoms with Crippen LogP contribution >= 0.6 is 0 Å². The molecule has 0 bridgehead atoms. The zero-order chi connectivity index (χ0) is 14.4. The second kappa shape index (κ2) is 6.56. The van der Waals surface area contributed by atoms with Crippen molar-refractivity contribution in [1.82, 2.24) is 4.72 Å². The fourth-order valence-corrected chi connectivity index (χ4v) is 2.55. The van der Waals surface area contributed by atoms with Gasteiger partial charge in [-0.3, -0.25) is 0 Å². The summed E-state index contributed by atoms with van der Waals surface area (Å²) in [5.41, 5.74) is 0.747. The van der Waals surface area contributed by atoms with Gasteiger partial charge >= 0.3 is 0 Å². The lowest BCUT2D eigenvalue weighted by atomic mass is 10.3. The average molecular weight is 297 g/mol. The van der Waals surface area contributed by atoms with Crippen LogP contribution in [-0.2, 0) is 16.6 Å². The van der Waals surface area contributed by atoms with Gasteiger partial charge in [-0.25, -0.2) is 13.1 Å². The highest BCUT2D eigenvalue weighted by Gasteiger charge is 2.13. The van der Waals surface area contributed by atoms with E-state index in [0.29, 0.717) is 5.75 Å². The predicted octanol–water partition coefficient (Wildman–Crippen LogP) is 1.13. The Labute approximate surface area is 117 Å². The topological polar surface area (TPSA) is 88.8 Å². The van der Waals surface area contributed by atoms with Crippen LogP contribution in [0.1, 0.15) is 5.56 Å². The number of sulfonamides is 1. The summed E-state index contributed by atoms with van der Waals surface area (Å²) in [5, 5.41) is 8.63. The number of aliphatic hydroxyl groups excluding tert-OH is 1. The summed E-state index contributed by atoms with van der Waals surface area (Å²) >= 11 is 0. The molecule has 20 heavy (non-hydrogen) atoms. The van der Waals surface area contributed by atoms with Gasteiger partial charge in [0, 0.05) is 12.1 Å². The van der Waals surface area contributed by atoms with Crippen LogP contribution in [0.3, 0.4) is 0 Å². The van der Waals surface area contributed by atoms with Crippen molar-refractivity contribution in [3.8, 4) is 5.75 Å². The Morgan fingerprint density at radius 3 is 2.55 bits per heavy atom. The zero-order valence-corrected chi connectivity index (χ0v) is 11.5. The van der Waals surface area contributed by atoms with Gasteiger partial charge in [0.2, 0.25) is 10.0 Å². The lowest BCUT2D eigenvalue weighted by Crippen LogP contribution is -2.22. The van der Waals surface area contributed by atoms with Crippen molar-refractivity contribution in [2.24, 2.45) is 0 Å². The zero-order valence-electron chi connectivity index (χ0n) is 10.7. The highest BCUT2D eigenvalue weighted by Crippen LogP contribution is 2.16. The molecule has 0 radical (unpaired) electrons. The maximum Gasteiger partial charge on any atom is 0.240 e. The van der Waals surface area contributed by atoms with Crippen molar-refractivity contribution in [2.75, 3.05) is 13.2 Å². The number of rotatable bonds is 7. The molecule has 108 valence electrons. The fourth-order valence-electron chi connectivity index (χ4n) is 1.53. The first-order chi connectivity index (χ1) is 9.62. The van der Waals surface area contributed by atoms with Gasteiger partial charge in [-0.2, -0.15) is 0 Å². The number of ether oxygens (including phenoxy) is 1. The van der Waals surface area contributed by atoms with E-state index in [1.807, 2.05) is 0 Å². The van der Waals surface area contributed by atoms with Gasteiger partial charge in [0.05, 0.1) is 24.0 Å². The summed E-state index contributed by atoms with van der Waals surface area (Å²) < 4.78 is 36.6. The summed E-state index contributed by atoms with van der Waals surface area (Å²) in [6.07, 6.45) is 2.96. The standard InChI is InChI=1S/C13H15NO5S/c15-6-8-19-12-1-3-13(4-2-12)20(16,17)14-9-11-5-7-18-10-11/h1-5,7,10,14-15H,6,8-9H2. The largest absolute Gasteiger partial charge is 0.491 e. The van der Waals surface area contributed by atoms with Crippen LogP contribution in [0.25, 0.3) is 0 Å². The molecule has 0 aliphatic heterocycles. The third-order valence-electron chi connectivity index (χ3n) is 2.54. The van der Waals surface area contributed by atoms with Crippen molar-refractivity contribution in [3.63, 3.8) is 0 Å². The minimum atomic E-state index is -3.57. The third kappa shape index (κ3) is 3.83. The predicted molar refractivity (Wildman–Crippen MR) is 71.8 cm³/mol. The Morgan fingerprint density at radius 1 is 1.20 bits per heavy atom. The molecule has 2 N–H and O–H groups in total. The summed E-state index contributed by atoms with van der Waals surface area (Å²) in [6.45, 7) is 0.249. The van der Waals surface area contributed by atoms with E-state index in [9.17, 15) is 8.42 Å². The van der Waals surface area contributed by atoms with Crippen LogP contribution < -0.4 is 9.46 Å². The van der Waals surface area contributed by atoms with Crippen molar-refractivity contribution < 1.29 is 22.7 Å². The van der Waals surface area contributed by atoms with E-state index >= 15 is 0 Å². The molecular formula is C13H15NO5S. The second-order valence-corrected chi connectivity index (χ2v) is 5.77. The summed E-state index contributed by atoms with van der Waals surface area (Å²) in [5.74, 6) is 0.507. The Kier molecular flexibility index (Phi) is 4.78. The van der Waals surface area contributed by atoms with Crippen molar-refractivity contribution in [3.05, 3.63) is 48.4 Å². The van der Waals surface area contributed by atoms with Crippen LogP contribution in [0.2, 0.25) is 0 Å². The maximum absolute atomic E-state index is 12.0. The molecular weight excluding hydrogens is 282 g/mol. The molecule has 1 heterocycles. The fraction of sp³-hybridized carbons (Fsp3) is 0.231. The molecule has 6 nitrogen and oxygen atoms in total. The summed E-state index contributed by atoms with van der Waals surface area (Å²) in [6, 6.07) is 7.67. The van der Waals surface area contributed by atoms with Gasteiger partial charge in [-0.05, 0) is 30.3 Å². The Hall–Kier alpha value is -1.83. The van der Waals surface area contributed by atoms with E-state index in [-0.39, 0.29) is 24.7 Å². The molecule has 0 saturated heterocycles. The maximum atomic E-state index is 12.0. The number of hydrogen-bond donors (Lipinski definition) is 2. The van der Waals surface area contributed by atoms with Gasteiger partial charge in [-0.1, -0.05) is 0 Å². The van der Waals surface area contributed by atoms with Gasteiger partial charge in [0.15, 0.2) is 0 Å². The first kappa shape index (κ1) is 14.6. The molecule has 0 saturated carbocycles. The van der Waals surface area contributed by atoms with E-state index in [4.69, 9.17) is 14.3 Å². The van der Waals surface area contributed by atoms with Crippen LogP contribution in [0.4, 0.5) is 0 Å². The minimum Gasteiger partial charge on any atom is -0.491 e. The summed E-state index contributed by atoms with van der Waals surface area (Å²) in [4.78, 5) is 0.150. The average Bonchev–Trinajstić information content (AvgIpc) is 2.97. The van der Waals surface area contributed by atoms with Crippen LogP contribution in [0, 0.1) is 0 Å². The normalized spacial score (nSPS) is 11.4. The minimum absolute atomic E-state index is 0.0910. The highest BCUT2D eigenvalue weighted by atomic mass is 32.2. The first-order valence-corrected chi connectivity index (χ1v) is 7.44. The molecule has 1 aromatic carbocycles. The molecule has 2 rings (SSSR count). The lowest BCUT2D eigenvalue weighted by molar-refractivity contribution is 0.201. The molecule has 7 heteroatoms. The SMILES string of the molecule is O=S(=O)(NCc1ccoc1)c1ccc(OCCO)cc1. The molecule has 0 unspecified atom stereocenters. The number of aliphatic hydroxyl groups is 1. The molecule has 0 amide bonds. The van der Waals surface area contributed by atoms with E-state index in [1.165, 1.54) is 24.7 Å². The molecule has 0 fully saturated rings. The number of hydrogen-bond acceptors (Lipinski definition) is 5. The molecule has 0 atom stereocenters. The van der Waals surface area contributed by atoms with Gasteiger partial charge in [-0.15, -0.1) is 0 Å². The monoisotopic (exact) mass is 297 g/mol. The highest BCUT2D eigenvalue weighted by molar-refractivity contribution is 7.89. The second-order valence-electron chi connectivity index (χ2n) is 4.00. The van der Waals surface area contributed by atoms with Gasteiger partial charge < -0.3 is 14.3 Å². The Bertz CT molecular complexity index is 619. The number of nitrogens with one attached hydrogen (secondary N) is 1. The van der Waals surface area contributed by atoms with E-state index in [0.717, 1.165) is 5.56 Å². The summed E-state index contributed by atoms with van der Waals surface area (Å²) in [7, 11) is -3.57. The van der Waals surface area contributed by atoms with Gasteiger partial charge in [0.1, 0.15) is 12.4 Å². The molecule has 0 aliphatic rings. The van der Waals surface area contributed by atoms with Gasteiger partial charge in [0.25, 0.3) is 0 Å². The molecule has 2 aromatic rings. The van der Waals surface area contributed by atoms with Crippen LogP contribution in [0.15, 0.2) is 52.2 Å². The first-order valence-electron chi connectivity index (χ1n) is 5.96. The smallest absolute Gasteiger partial charge is 0.240 e. The van der Waals surface area contributed by atoms with Crippen LogP contribution in [0.5, 0.6) is 5.75 Å². The Balaban J connectivity index is 2.01. The van der Waals surface area contributed by atoms with E-state index in [2.05, 4.69) is 4.72 Å².